The zero-order chi connectivity index (χ0) is 17.5. The number of ether oxygens (including phenoxy) is 1. The maximum atomic E-state index is 12.3. The van der Waals surface area contributed by atoms with E-state index in [9.17, 15) is 4.79 Å². The number of amides is 1. The average Bonchev–Trinajstić information content (AvgIpc) is 3.06. The second kappa shape index (κ2) is 12.2. The van der Waals surface area contributed by atoms with Crippen molar-refractivity contribution in [2.24, 2.45) is 5.92 Å². The third kappa shape index (κ3) is 7.66. The highest BCUT2D eigenvalue weighted by Gasteiger charge is 2.13. The van der Waals surface area contributed by atoms with E-state index in [1.165, 1.54) is 12.8 Å². The topological polar surface area (TPSA) is 63.2 Å². The van der Waals surface area contributed by atoms with E-state index in [1.54, 1.807) is 17.4 Å². The van der Waals surface area contributed by atoms with Crippen molar-refractivity contribution >= 4 is 42.1 Å². The van der Waals surface area contributed by atoms with E-state index in [-0.39, 0.29) is 30.7 Å². The summed E-state index contributed by atoms with van der Waals surface area (Å²) in [6.45, 7) is 5.30. The van der Waals surface area contributed by atoms with Crippen LogP contribution in [0.1, 0.15) is 40.3 Å². The Labute approximate surface area is 177 Å². The van der Waals surface area contributed by atoms with E-state index in [2.05, 4.69) is 15.6 Å². The van der Waals surface area contributed by atoms with Crippen LogP contribution < -0.4 is 15.4 Å². The van der Waals surface area contributed by atoms with Crippen LogP contribution >= 0.6 is 36.2 Å². The Bertz CT molecular complexity index is 706. The van der Waals surface area contributed by atoms with E-state index >= 15 is 0 Å². The van der Waals surface area contributed by atoms with E-state index in [0.717, 1.165) is 30.2 Å². The second-order valence-electron chi connectivity index (χ2n) is 6.43. The molecule has 27 heavy (non-hydrogen) atoms. The second-order valence-corrected chi connectivity index (χ2v) is 7.49. The quantitative estimate of drug-likeness (QED) is 0.695. The number of carbonyl (C=O) groups is 1. The van der Waals surface area contributed by atoms with Crippen molar-refractivity contribution in [1.29, 1.82) is 0 Å². The number of aryl methyl sites for hydroxylation is 1. The molecule has 0 radical (unpaired) electrons. The molecule has 1 amide bonds. The van der Waals surface area contributed by atoms with Crippen LogP contribution in [0.3, 0.4) is 0 Å². The summed E-state index contributed by atoms with van der Waals surface area (Å²) in [6, 6.07) is 7.32. The summed E-state index contributed by atoms with van der Waals surface area (Å²) in [5.74, 6) is 1.32. The average molecular weight is 432 g/mol. The first-order valence-electron chi connectivity index (χ1n) is 8.83. The largest absolute Gasteiger partial charge is 0.487 e. The molecule has 0 aliphatic carbocycles. The van der Waals surface area contributed by atoms with E-state index < -0.39 is 0 Å². The molecule has 2 heterocycles. The maximum Gasteiger partial charge on any atom is 0.251 e. The van der Waals surface area contributed by atoms with Crippen LogP contribution in [0.4, 0.5) is 0 Å². The Balaban J connectivity index is 0.00000182. The van der Waals surface area contributed by atoms with Gasteiger partial charge >= 0.3 is 0 Å². The Morgan fingerprint density at radius 3 is 2.96 bits per heavy atom. The third-order valence-electron chi connectivity index (χ3n) is 4.39. The van der Waals surface area contributed by atoms with Crippen LogP contribution in [-0.4, -0.2) is 30.5 Å². The van der Waals surface area contributed by atoms with E-state index in [1.807, 2.05) is 30.5 Å². The molecule has 1 unspecified atom stereocenters. The van der Waals surface area contributed by atoms with Gasteiger partial charge in [0, 0.05) is 17.5 Å². The number of hydrogen-bond donors (Lipinski definition) is 2. The minimum absolute atomic E-state index is 0. The molecule has 2 N–H and O–H groups in total. The molecule has 150 valence electrons. The fraction of sp³-hybridized carbons (Fsp3) is 0.474. The molecule has 1 aromatic carbocycles. The maximum absolute atomic E-state index is 12.3. The number of benzene rings is 1. The number of aromatic nitrogens is 1. The molecule has 2 aromatic rings. The molecule has 1 aliphatic rings. The van der Waals surface area contributed by atoms with Crippen molar-refractivity contribution in [3.63, 3.8) is 0 Å². The number of rotatable bonds is 7. The predicted molar refractivity (Wildman–Crippen MR) is 115 cm³/mol. The molecular weight excluding hydrogens is 405 g/mol. The zero-order valence-corrected chi connectivity index (χ0v) is 17.9. The van der Waals surface area contributed by atoms with Gasteiger partial charge < -0.3 is 15.4 Å². The van der Waals surface area contributed by atoms with Crippen LogP contribution in [0.5, 0.6) is 5.75 Å². The van der Waals surface area contributed by atoms with Crippen molar-refractivity contribution in [1.82, 2.24) is 15.6 Å². The molecule has 1 aromatic heterocycles. The van der Waals surface area contributed by atoms with E-state index in [4.69, 9.17) is 4.74 Å². The van der Waals surface area contributed by atoms with Gasteiger partial charge in [0.2, 0.25) is 0 Å². The van der Waals surface area contributed by atoms with Gasteiger partial charge in [-0.15, -0.1) is 36.2 Å². The summed E-state index contributed by atoms with van der Waals surface area (Å²) in [6.07, 6.45) is 3.51. The number of nitrogens with one attached hydrogen (secondary N) is 2. The SMILES string of the molecule is Cc1nc(COc2cccc(C(=O)NCCC3CCCNC3)c2)cs1.Cl.Cl. The lowest BCUT2D eigenvalue weighted by Gasteiger charge is -2.22. The standard InChI is InChI=1S/C19H25N3O2S.2ClH/c1-14-22-17(13-25-14)12-24-18-6-2-5-16(10-18)19(23)21-9-7-15-4-3-8-20-11-15;;/h2,5-6,10,13,15,20H,3-4,7-9,11-12H2,1H3,(H,21,23);2*1H. The van der Waals surface area contributed by atoms with Gasteiger partial charge in [0.25, 0.3) is 5.91 Å². The molecule has 1 atom stereocenters. The Morgan fingerprint density at radius 1 is 1.41 bits per heavy atom. The molecule has 5 nitrogen and oxygen atoms in total. The first-order valence-corrected chi connectivity index (χ1v) is 9.71. The summed E-state index contributed by atoms with van der Waals surface area (Å²) in [4.78, 5) is 16.7. The minimum atomic E-state index is -0.0429. The van der Waals surface area contributed by atoms with Crippen LogP contribution in [0, 0.1) is 12.8 Å². The fourth-order valence-electron chi connectivity index (χ4n) is 3.02. The van der Waals surface area contributed by atoms with Gasteiger partial charge in [-0.3, -0.25) is 4.79 Å². The molecule has 3 rings (SSSR count). The number of thiazole rings is 1. The molecule has 8 heteroatoms. The molecule has 0 spiro atoms. The van der Waals surface area contributed by atoms with Crippen LogP contribution in [0.15, 0.2) is 29.6 Å². The smallest absolute Gasteiger partial charge is 0.251 e. The Kier molecular flexibility index (Phi) is 10.7. The summed E-state index contributed by atoms with van der Waals surface area (Å²) in [5.41, 5.74) is 1.55. The predicted octanol–water partition coefficient (Wildman–Crippen LogP) is 3.99. The molecule has 0 bridgehead atoms. The van der Waals surface area contributed by atoms with E-state index in [0.29, 0.717) is 30.4 Å². The van der Waals surface area contributed by atoms with Gasteiger partial charge in [-0.05, 0) is 63.4 Å². The first kappa shape index (κ1) is 23.7. The summed E-state index contributed by atoms with van der Waals surface area (Å²) in [5, 5.41) is 9.44. The number of piperidine rings is 1. The van der Waals surface area contributed by atoms with Crippen LogP contribution in [0.25, 0.3) is 0 Å². The minimum Gasteiger partial charge on any atom is -0.487 e. The molecule has 1 fully saturated rings. The Morgan fingerprint density at radius 2 is 2.26 bits per heavy atom. The summed E-state index contributed by atoms with van der Waals surface area (Å²) in [7, 11) is 0. The Hall–Kier alpha value is -1.34. The third-order valence-corrected chi connectivity index (χ3v) is 5.21. The normalized spacial score (nSPS) is 16.0. The van der Waals surface area contributed by atoms with Crippen molar-refractivity contribution < 1.29 is 9.53 Å². The fourth-order valence-corrected chi connectivity index (χ4v) is 3.62. The first-order chi connectivity index (χ1) is 12.2. The summed E-state index contributed by atoms with van der Waals surface area (Å²) >= 11 is 1.61. The number of carbonyl (C=O) groups excluding carboxylic acids is 1. The van der Waals surface area contributed by atoms with Crippen molar-refractivity contribution in [3.05, 3.63) is 45.9 Å². The van der Waals surface area contributed by atoms with Gasteiger partial charge in [0.15, 0.2) is 0 Å². The molecule has 1 saturated heterocycles. The molecule has 0 saturated carbocycles. The van der Waals surface area contributed by atoms with Gasteiger partial charge in [-0.25, -0.2) is 4.98 Å². The van der Waals surface area contributed by atoms with Crippen molar-refractivity contribution in [3.8, 4) is 5.75 Å². The highest BCUT2D eigenvalue weighted by Crippen LogP contribution is 2.17. The van der Waals surface area contributed by atoms with Crippen LogP contribution in [0.2, 0.25) is 0 Å². The highest BCUT2D eigenvalue weighted by atomic mass is 35.5. The summed E-state index contributed by atoms with van der Waals surface area (Å²) < 4.78 is 5.75. The van der Waals surface area contributed by atoms with Crippen molar-refractivity contribution in [2.45, 2.75) is 32.8 Å². The molecular formula is C19H27Cl2N3O2S. The van der Waals surface area contributed by atoms with Crippen LogP contribution in [-0.2, 0) is 6.61 Å². The van der Waals surface area contributed by atoms with Gasteiger partial charge in [-0.1, -0.05) is 6.07 Å². The number of nitrogens with zero attached hydrogens (tertiary/aromatic N) is 1. The lowest BCUT2D eigenvalue weighted by Crippen LogP contribution is -2.33. The van der Waals surface area contributed by atoms with Crippen molar-refractivity contribution in [2.75, 3.05) is 19.6 Å². The number of hydrogen-bond acceptors (Lipinski definition) is 5. The number of halogens is 2. The highest BCUT2D eigenvalue weighted by molar-refractivity contribution is 7.09. The van der Waals surface area contributed by atoms with Gasteiger partial charge in [-0.2, -0.15) is 0 Å². The van der Waals surface area contributed by atoms with Gasteiger partial charge in [0.05, 0.1) is 10.7 Å². The van der Waals surface area contributed by atoms with Gasteiger partial charge in [0.1, 0.15) is 12.4 Å². The zero-order valence-electron chi connectivity index (χ0n) is 15.4. The molecule has 1 aliphatic heterocycles. The monoisotopic (exact) mass is 431 g/mol. The lowest BCUT2D eigenvalue weighted by molar-refractivity contribution is 0.0950. The lowest BCUT2D eigenvalue weighted by atomic mass is 9.96.